The summed E-state index contributed by atoms with van der Waals surface area (Å²) in [5.74, 6) is 0. The van der Waals surface area contributed by atoms with Gasteiger partial charge in [-0.15, -0.1) is 0 Å². The van der Waals surface area contributed by atoms with E-state index < -0.39 is 0 Å². The molecule has 0 unspecified atom stereocenters. The number of hydrogen-bond acceptors (Lipinski definition) is 4. The Balaban J connectivity index is 1.63. The minimum atomic E-state index is -0.284. The first-order chi connectivity index (χ1) is 10.3. The second-order valence-corrected chi connectivity index (χ2v) is 5.58. The van der Waals surface area contributed by atoms with Crippen LogP contribution in [0.2, 0.25) is 0 Å². The van der Waals surface area contributed by atoms with Crippen LogP contribution in [-0.4, -0.2) is 39.5 Å². The van der Waals surface area contributed by atoms with Gasteiger partial charge in [-0.05, 0) is 31.4 Å². The van der Waals surface area contributed by atoms with Crippen molar-refractivity contribution in [1.29, 1.82) is 5.26 Å². The number of ether oxygens (including phenoxy) is 2. The van der Waals surface area contributed by atoms with Gasteiger partial charge in [0.05, 0.1) is 24.7 Å². The molecule has 0 atom stereocenters. The highest BCUT2D eigenvalue weighted by Crippen LogP contribution is 2.43. The van der Waals surface area contributed by atoms with E-state index in [0.717, 1.165) is 38.0 Å². The lowest BCUT2D eigenvalue weighted by atomic mass is 9.62. The van der Waals surface area contributed by atoms with E-state index in [9.17, 15) is 5.26 Å². The molecular formula is C17H24N2O2. The summed E-state index contributed by atoms with van der Waals surface area (Å²) in [4.78, 5) is 0. The summed E-state index contributed by atoms with van der Waals surface area (Å²) in [7, 11) is 1.68. The normalized spacial score (nSPS) is 24.3. The van der Waals surface area contributed by atoms with Crippen LogP contribution in [0.1, 0.15) is 24.8 Å². The Morgan fingerprint density at radius 3 is 2.67 bits per heavy atom. The first-order valence-corrected chi connectivity index (χ1v) is 7.57. The molecule has 1 N–H and O–H groups in total. The van der Waals surface area contributed by atoms with Crippen molar-refractivity contribution in [2.24, 2.45) is 0 Å². The van der Waals surface area contributed by atoms with Crippen molar-refractivity contribution >= 4 is 0 Å². The van der Waals surface area contributed by atoms with E-state index in [0.29, 0.717) is 19.3 Å². The SMILES string of the molecule is COCCOCCCNC1CC(C#N)(c2ccccc2)C1. The van der Waals surface area contributed by atoms with Gasteiger partial charge in [-0.2, -0.15) is 5.26 Å². The molecule has 0 spiro atoms. The van der Waals surface area contributed by atoms with Gasteiger partial charge in [0.2, 0.25) is 0 Å². The fourth-order valence-electron chi connectivity index (χ4n) is 2.80. The van der Waals surface area contributed by atoms with Gasteiger partial charge < -0.3 is 14.8 Å². The molecule has 0 amide bonds. The lowest BCUT2D eigenvalue weighted by Crippen LogP contribution is -2.51. The van der Waals surface area contributed by atoms with Crippen LogP contribution >= 0.6 is 0 Å². The van der Waals surface area contributed by atoms with Gasteiger partial charge in [0.25, 0.3) is 0 Å². The van der Waals surface area contributed by atoms with Crippen LogP contribution in [-0.2, 0) is 14.9 Å². The van der Waals surface area contributed by atoms with Gasteiger partial charge >= 0.3 is 0 Å². The summed E-state index contributed by atoms with van der Waals surface area (Å²) in [6.45, 7) is 3.00. The van der Waals surface area contributed by atoms with E-state index in [1.165, 1.54) is 0 Å². The number of nitrogens with zero attached hydrogens (tertiary/aromatic N) is 1. The molecule has 0 bridgehead atoms. The van der Waals surface area contributed by atoms with Gasteiger partial charge in [-0.25, -0.2) is 0 Å². The van der Waals surface area contributed by atoms with E-state index >= 15 is 0 Å². The molecule has 4 heteroatoms. The largest absolute Gasteiger partial charge is 0.382 e. The number of rotatable bonds is 9. The smallest absolute Gasteiger partial charge is 0.0852 e. The second kappa shape index (κ2) is 8.14. The van der Waals surface area contributed by atoms with Crippen molar-refractivity contribution in [2.75, 3.05) is 33.5 Å². The molecule has 4 nitrogen and oxygen atoms in total. The highest BCUT2D eigenvalue weighted by atomic mass is 16.5. The topological polar surface area (TPSA) is 54.3 Å². The Kier molecular flexibility index (Phi) is 6.19. The van der Waals surface area contributed by atoms with E-state index in [4.69, 9.17) is 9.47 Å². The van der Waals surface area contributed by atoms with Crippen LogP contribution < -0.4 is 5.32 Å². The molecule has 114 valence electrons. The molecule has 1 aliphatic rings. The summed E-state index contributed by atoms with van der Waals surface area (Å²) in [5.41, 5.74) is 0.863. The van der Waals surface area contributed by atoms with Crippen molar-refractivity contribution in [3.63, 3.8) is 0 Å². The molecule has 0 saturated heterocycles. The predicted octanol–water partition coefficient (Wildman–Crippen LogP) is 2.25. The van der Waals surface area contributed by atoms with Crippen LogP contribution in [0.3, 0.4) is 0 Å². The molecule has 1 aromatic carbocycles. The minimum absolute atomic E-state index is 0.284. The first-order valence-electron chi connectivity index (χ1n) is 7.57. The molecule has 0 aliphatic heterocycles. The van der Waals surface area contributed by atoms with Crippen LogP contribution in [0.25, 0.3) is 0 Å². The quantitative estimate of drug-likeness (QED) is 0.708. The lowest BCUT2D eigenvalue weighted by molar-refractivity contribution is 0.0685. The molecule has 21 heavy (non-hydrogen) atoms. The van der Waals surface area contributed by atoms with Crippen molar-refractivity contribution < 1.29 is 9.47 Å². The summed E-state index contributed by atoms with van der Waals surface area (Å²) in [6, 6.07) is 13.1. The fraction of sp³-hybridized carbons (Fsp3) is 0.588. The van der Waals surface area contributed by atoms with Gasteiger partial charge in [0.15, 0.2) is 0 Å². The highest BCUT2D eigenvalue weighted by molar-refractivity contribution is 5.36. The van der Waals surface area contributed by atoms with E-state index in [-0.39, 0.29) is 5.41 Å². The molecule has 2 rings (SSSR count). The zero-order valence-electron chi connectivity index (χ0n) is 12.7. The summed E-state index contributed by atoms with van der Waals surface area (Å²) in [5, 5.41) is 13.0. The Morgan fingerprint density at radius 2 is 2.00 bits per heavy atom. The first kappa shape index (κ1) is 16.0. The molecular weight excluding hydrogens is 264 g/mol. The molecule has 1 saturated carbocycles. The summed E-state index contributed by atoms with van der Waals surface area (Å²) >= 11 is 0. The third-order valence-corrected chi connectivity index (χ3v) is 4.06. The third-order valence-electron chi connectivity index (χ3n) is 4.06. The van der Waals surface area contributed by atoms with Crippen molar-refractivity contribution in [3.8, 4) is 6.07 Å². The average molecular weight is 288 g/mol. The number of nitrogens with one attached hydrogen (secondary N) is 1. The Morgan fingerprint density at radius 1 is 1.24 bits per heavy atom. The van der Waals surface area contributed by atoms with Gasteiger partial charge in [-0.1, -0.05) is 30.3 Å². The Hall–Kier alpha value is -1.41. The summed E-state index contributed by atoms with van der Waals surface area (Å²) in [6.07, 6.45) is 2.79. The Labute approximate surface area is 127 Å². The number of hydrogen-bond donors (Lipinski definition) is 1. The molecule has 0 radical (unpaired) electrons. The minimum Gasteiger partial charge on any atom is -0.382 e. The van der Waals surface area contributed by atoms with Crippen LogP contribution in [0, 0.1) is 11.3 Å². The predicted molar refractivity (Wildman–Crippen MR) is 82.1 cm³/mol. The number of methoxy groups -OCH3 is 1. The van der Waals surface area contributed by atoms with Crippen molar-refractivity contribution in [1.82, 2.24) is 5.32 Å². The number of nitriles is 1. The second-order valence-electron chi connectivity index (χ2n) is 5.58. The van der Waals surface area contributed by atoms with Crippen molar-refractivity contribution in [2.45, 2.75) is 30.7 Å². The highest BCUT2D eigenvalue weighted by Gasteiger charge is 2.45. The molecule has 1 fully saturated rings. The van der Waals surface area contributed by atoms with Crippen LogP contribution in [0.5, 0.6) is 0 Å². The van der Waals surface area contributed by atoms with E-state index in [1.54, 1.807) is 7.11 Å². The fourth-order valence-corrected chi connectivity index (χ4v) is 2.80. The van der Waals surface area contributed by atoms with Gasteiger partial charge in [0, 0.05) is 19.8 Å². The van der Waals surface area contributed by atoms with E-state index in [1.807, 2.05) is 18.2 Å². The third kappa shape index (κ3) is 4.28. The van der Waals surface area contributed by atoms with E-state index in [2.05, 4.69) is 23.5 Å². The van der Waals surface area contributed by atoms with Gasteiger partial charge in [0.1, 0.15) is 0 Å². The zero-order valence-corrected chi connectivity index (χ0v) is 12.7. The van der Waals surface area contributed by atoms with Crippen LogP contribution in [0.15, 0.2) is 30.3 Å². The maximum Gasteiger partial charge on any atom is 0.0852 e. The molecule has 1 aliphatic carbocycles. The Bertz CT molecular complexity index is 450. The maximum atomic E-state index is 9.49. The van der Waals surface area contributed by atoms with Gasteiger partial charge in [-0.3, -0.25) is 0 Å². The summed E-state index contributed by atoms with van der Waals surface area (Å²) < 4.78 is 10.3. The maximum absolute atomic E-state index is 9.49. The average Bonchev–Trinajstić information content (AvgIpc) is 2.49. The van der Waals surface area contributed by atoms with Crippen LogP contribution in [0.4, 0.5) is 0 Å². The number of benzene rings is 1. The van der Waals surface area contributed by atoms with Crippen molar-refractivity contribution in [3.05, 3.63) is 35.9 Å². The lowest BCUT2D eigenvalue weighted by Gasteiger charge is -2.43. The zero-order chi connectivity index (χ0) is 15.0. The molecule has 0 heterocycles. The molecule has 1 aromatic rings. The standard InChI is InChI=1S/C17H24N2O2/c1-20-10-11-21-9-5-8-19-16-12-17(13-16,14-18)15-6-3-2-4-7-15/h2-4,6-7,16,19H,5,8-13H2,1H3. The monoisotopic (exact) mass is 288 g/mol. The molecule has 0 aromatic heterocycles.